The quantitative estimate of drug-likeness (QED) is 0.0662. The molecule has 8 atom stereocenters. The molecule has 8 unspecified atom stereocenters. The Labute approximate surface area is 413 Å². The maximum atomic E-state index is 14.7. The highest BCUT2D eigenvalue weighted by Gasteiger charge is 2.42. The molecule has 0 spiro atoms. The number of rotatable bonds is 11. The van der Waals surface area contributed by atoms with E-state index in [1.54, 1.807) is 39.8 Å². The molecule has 4 aromatic rings. The van der Waals surface area contributed by atoms with Crippen molar-refractivity contribution < 1.29 is 49.7 Å². The molecule has 10 rings (SSSR count). The predicted molar refractivity (Wildman–Crippen MR) is 273 cm³/mol. The van der Waals surface area contributed by atoms with E-state index in [1.807, 2.05) is 30.3 Å². The van der Waals surface area contributed by atoms with Crippen LogP contribution in [0.4, 0.5) is 5.69 Å². The Morgan fingerprint density at radius 1 is 0.957 bits per heavy atom. The molecular weight excluding hydrogens is 913 g/mol. The van der Waals surface area contributed by atoms with Crippen LogP contribution in [0.2, 0.25) is 0 Å². The lowest BCUT2D eigenvalue weighted by Crippen LogP contribution is -2.44. The highest BCUT2D eigenvalue weighted by molar-refractivity contribution is 8.76. The number of ether oxygens (including phenoxy) is 2. The summed E-state index contributed by atoms with van der Waals surface area (Å²) >= 11 is 0. The first-order chi connectivity index (χ1) is 33.4. The summed E-state index contributed by atoms with van der Waals surface area (Å²) in [6.45, 7) is 1.42. The number of nitrogens with one attached hydrogen (secondary N) is 2. The van der Waals surface area contributed by atoms with Gasteiger partial charge in [0.15, 0.2) is 11.5 Å². The molecule has 2 bridgehead atoms. The van der Waals surface area contributed by atoms with Crippen molar-refractivity contribution in [1.29, 1.82) is 0 Å². The summed E-state index contributed by atoms with van der Waals surface area (Å²) in [4.78, 5) is 27.0. The summed E-state index contributed by atoms with van der Waals surface area (Å²) in [5, 5.41) is 76.3. The van der Waals surface area contributed by atoms with E-state index in [9.17, 15) is 40.2 Å². The number of aryl methyl sites for hydroxylation is 1. The van der Waals surface area contributed by atoms with Crippen molar-refractivity contribution in [1.82, 2.24) is 5.32 Å². The smallest absolute Gasteiger partial charge is 0.168 e. The molecule has 2 saturated carbocycles. The number of phenols is 2. The molecule has 69 heavy (non-hydrogen) atoms. The van der Waals surface area contributed by atoms with Crippen LogP contribution >= 0.6 is 21.6 Å². The van der Waals surface area contributed by atoms with E-state index in [-0.39, 0.29) is 84.7 Å². The van der Waals surface area contributed by atoms with Gasteiger partial charge in [-0.15, -0.1) is 0 Å². The minimum absolute atomic E-state index is 0.00112. The van der Waals surface area contributed by atoms with E-state index >= 15 is 0 Å². The number of aromatic hydroxyl groups is 2. The second-order valence-electron chi connectivity index (χ2n) is 20.6. The van der Waals surface area contributed by atoms with Crippen molar-refractivity contribution in [3.63, 3.8) is 0 Å². The van der Waals surface area contributed by atoms with Gasteiger partial charge in [-0.05, 0) is 170 Å². The molecule has 2 fully saturated rings. The van der Waals surface area contributed by atoms with Crippen LogP contribution in [0.15, 0.2) is 48.5 Å². The largest absolute Gasteiger partial charge is 0.508 e. The standard InChI is InChI=1S/C55H70N2O10S2/c1-31(60)27-56-52-36(29-59)23-44-51-40(35(28-58)8-15-42(51)52)16-11-37(19-22-55(65)20-3-4-21-55)57-54(44)67-48-26-39(62)13-6-33-9-17-46(63)53(66-2)50(33)41-14-7-32-5-12-38(61)25-43(32)45(41)30-68-69-49-18-10-34(48)24-47(49)64/h5,7,9,12,14,17,23,25,34-35,37,40,47-49,54,56-59,61,63-65H,3-4,6,8,10-11,13,15-16,18-22,24,26-30H2,1-2H3. The van der Waals surface area contributed by atoms with Gasteiger partial charge in [0, 0.05) is 53.3 Å². The number of carbonyl (C=O) groups is 2. The van der Waals surface area contributed by atoms with Gasteiger partial charge in [0.05, 0.1) is 38.1 Å². The molecule has 6 aliphatic rings. The summed E-state index contributed by atoms with van der Waals surface area (Å²) < 4.78 is 13.4. The van der Waals surface area contributed by atoms with Crippen LogP contribution in [0.1, 0.15) is 142 Å². The SMILES string of the molecule is COc1c(O)ccc2c1-c1ccc3ccc(O)cc3c1CSSC1CCC(CC1O)C(OC1NC(CCC3(O)CCCC3)CCC3c4c1cc(CO)c(NCC(C)=O)c4CCC3CO)CC(=O)CC2. The Morgan fingerprint density at radius 2 is 1.77 bits per heavy atom. The van der Waals surface area contributed by atoms with Crippen molar-refractivity contribution in [2.75, 3.05) is 25.6 Å². The van der Waals surface area contributed by atoms with Crippen LogP contribution in [0, 0.1) is 11.8 Å². The molecule has 0 amide bonds. The van der Waals surface area contributed by atoms with Gasteiger partial charge < -0.3 is 45.4 Å². The maximum absolute atomic E-state index is 14.7. The van der Waals surface area contributed by atoms with Crippen molar-refractivity contribution in [3.05, 3.63) is 81.9 Å². The minimum atomic E-state index is -0.712. The zero-order valence-electron chi connectivity index (χ0n) is 40.0. The normalized spacial score (nSPS) is 27.2. The topological polar surface area (TPSA) is 198 Å². The Morgan fingerprint density at radius 3 is 2.52 bits per heavy atom. The third-order valence-electron chi connectivity index (χ3n) is 16.1. The molecular formula is C55H70N2O10S2. The summed E-state index contributed by atoms with van der Waals surface area (Å²) in [5.41, 5.74) is 7.05. The summed E-state index contributed by atoms with van der Waals surface area (Å²) in [7, 11) is 4.85. The van der Waals surface area contributed by atoms with Gasteiger partial charge in [-0.25, -0.2) is 0 Å². The number of ketones is 2. The van der Waals surface area contributed by atoms with E-state index in [0.717, 1.165) is 108 Å². The Kier molecular flexibility index (Phi) is 15.9. The molecule has 0 radical (unpaired) electrons. The molecule has 4 aromatic carbocycles. The van der Waals surface area contributed by atoms with Crippen LogP contribution in [-0.2, 0) is 39.5 Å². The van der Waals surface area contributed by atoms with Crippen LogP contribution in [-0.4, -0.2) is 91.6 Å². The van der Waals surface area contributed by atoms with Crippen LogP contribution in [0.25, 0.3) is 21.9 Å². The first kappa shape index (κ1) is 50.1. The van der Waals surface area contributed by atoms with Gasteiger partial charge >= 0.3 is 0 Å². The predicted octanol–water partition coefficient (Wildman–Crippen LogP) is 9.30. The number of hydrogen-bond acceptors (Lipinski definition) is 14. The zero-order chi connectivity index (χ0) is 48.4. The van der Waals surface area contributed by atoms with Crippen LogP contribution in [0.3, 0.4) is 0 Å². The summed E-state index contributed by atoms with van der Waals surface area (Å²) in [5.74, 6) is 0.813. The summed E-state index contributed by atoms with van der Waals surface area (Å²) in [6, 6.07) is 14.8. The number of fused-ring (bicyclic) bond motifs is 9. The van der Waals surface area contributed by atoms with Crippen molar-refractivity contribution >= 4 is 49.6 Å². The minimum Gasteiger partial charge on any atom is -0.508 e. The lowest BCUT2D eigenvalue weighted by Gasteiger charge is -2.43. The number of phenolic OH excluding ortho intramolecular Hbond substituents is 2. The molecule has 0 aromatic heterocycles. The third kappa shape index (κ3) is 10.8. The molecule has 14 heteroatoms. The van der Waals surface area contributed by atoms with Crippen molar-refractivity contribution in [2.24, 2.45) is 11.8 Å². The lowest BCUT2D eigenvalue weighted by atomic mass is 9.69. The van der Waals surface area contributed by atoms with Gasteiger partial charge in [-0.1, -0.05) is 58.7 Å². The first-order valence-electron chi connectivity index (χ1n) is 25.3. The highest BCUT2D eigenvalue weighted by atomic mass is 33.1. The molecule has 8 N–H and O–H groups in total. The van der Waals surface area contributed by atoms with E-state index in [4.69, 9.17) is 9.47 Å². The Balaban J connectivity index is 1.11. The molecule has 0 saturated heterocycles. The average molecular weight is 983 g/mol. The number of anilines is 1. The number of aliphatic hydroxyl groups excluding tert-OH is 3. The second-order valence-corrected chi connectivity index (χ2v) is 23.2. The molecule has 372 valence electrons. The molecule has 12 nitrogen and oxygen atoms in total. The number of carbonyl (C=O) groups excluding carboxylic acids is 2. The third-order valence-corrected chi connectivity index (χ3v) is 19.0. The summed E-state index contributed by atoms with van der Waals surface area (Å²) in [6.07, 6.45) is 8.60. The van der Waals surface area contributed by atoms with E-state index in [2.05, 4.69) is 10.6 Å². The van der Waals surface area contributed by atoms with Gasteiger partial charge in [0.1, 0.15) is 23.5 Å². The van der Waals surface area contributed by atoms with Crippen molar-refractivity contribution in [2.45, 2.75) is 163 Å². The first-order valence-corrected chi connectivity index (χ1v) is 27.6. The molecule has 3 aliphatic carbocycles. The van der Waals surface area contributed by atoms with Crippen LogP contribution in [0.5, 0.6) is 17.2 Å². The number of aliphatic hydroxyl groups is 4. The Bertz CT molecular complexity index is 2510. The van der Waals surface area contributed by atoms with Gasteiger partial charge in [0.2, 0.25) is 0 Å². The Hall–Kier alpha value is -3.86. The van der Waals surface area contributed by atoms with E-state index in [0.29, 0.717) is 54.7 Å². The fraction of sp³-hybridized carbons (Fsp3) is 0.564. The lowest BCUT2D eigenvalue weighted by molar-refractivity contribution is -0.129. The molecule has 3 heterocycles. The number of Topliss-reactive ketones (excluding diaryl/α,β-unsaturated/α-hetero) is 2. The fourth-order valence-electron chi connectivity index (χ4n) is 12.5. The van der Waals surface area contributed by atoms with Gasteiger partial charge in [-0.3, -0.25) is 14.9 Å². The molecule has 3 aliphatic heterocycles. The number of methoxy groups -OCH3 is 1. The average Bonchev–Trinajstić information content (AvgIpc) is 3.78. The van der Waals surface area contributed by atoms with Gasteiger partial charge in [-0.2, -0.15) is 0 Å². The monoisotopic (exact) mass is 982 g/mol. The maximum Gasteiger partial charge on any atom is 0.168 e. The van der Waals surface area contributed by atoms with Gasteiger partial charge in [0.25, 0.3) is 0 Å². The zero-order valence-corrected chi connectivity index (χ0v) is 41.6. The fourth-order valence-corrected chi connectivity index (χ4v) is 15.4. The van der Waals surface area contributed by atoms with E-state index < -0.39 is 24.0 Å². The highest BCUT2D eigenvalue weighted by Crippen LogP contribution is 2.51. The number of benzene rings is 4. The number of hydrogen-bond donors (Lipinski definition) is 8. The van der Waals surface area contributed by atoms with Crippen molar-refractivity contribution in [3.8, 4) is 28.4 Å². The van der Waals surface area contributed by atoms with Crippen LogP contribution < -0.4 is 15.4 Å². The van der Waals surface area contributed by atoms with E-state index in [1.165, 1.54) is 14.0 Å². The second kappa shape index (κ2) is 21.9.